The Morgan fingerprint density at radius 3 is 2.47 bits per heavy atom. The van der Waals surface area contributed by atoms with E-state index >= 15 is 0 Å². The third kappa shape index (κ3) is 2.83. The Kier molecular flexibility index (Phi) is 3.84. The normalized spacial score (nSPS) is 31.7. The number of likely N-dealkylation sites (tertiary alicyclic amines) is 1. The van der Waals surface area contributed by atoms with Gasteiger partial charge in [0.15, 0.2) is 5.11 Å². The van der Waals surface area contributed by atoms with Crippen LogP contribution < -0.4 is 5.32 Å². The summed E-state index contributed by atoms with van der Waals surface area (Å²) in [5.74, 6) is 0.791. The fourth-order valence-corrected chi connectivity index (χ4v) is 3.03. The van der Waals surface area contributed by atoms with E-state index in [4.69, 9.17) is 12.2 Å². The van der Waals surface area contributed by atoms with Crippen LogP contribution in [-0.4, -0.2) is 29.1 Å². The summed E-state index contributed by atoms with van der Waals surface area (Å²) in [5, 5.41) is 4.57. The minimum Gasteiger partial charge on any atom is -0.360 e. The zero-order valence-corrected chi connectivity index (χ0v) is 10.5. The number of thiocarbonyl (C=S) groups is 1. The van der Waals surface area contributed by atoms with Crippen molar-refractivity contribution < 1.29 is 0 Å². The fourth-order valence-electron chi connectivity index (χ4n) is 2.70. The second-order valence-electron chi connectivity index (χ2n) is 5.01. The molecule has 0 aromatic rings. The molecule has 1 heterocycles. The maximum absolute atomic E-state index is 5.46. The molecule has 1 aliphatic carbocycles. The molecule has 1 saturated carbocycles. The van der Waals surface area contributed by atoms with E-state index in [0.717, 1.165) is 24.1 Å². The molecule has 86 valence electrons. The van der Waals surface area contributed by atoms with Gasteiger partial charge in [-0.1, -0.05) is 19.8 Å². The van der Waals surface area contributed by atoms with Crippen LogP contribution in [0.2, 0.25) is 0 Å². The molecule has 0 spiro atoms. The van der Waals surface area contributed by atoms with E-state index in [-0.39, 0.29) is 0 Å². The summed E-state index contributed by atoms with van der Waals surface area (Å²) in [6, 6.07) is 0.631. The lowest BCUT2D eigenvalue weighted by molar-refractivity contribution is 0.301. The maximum Gasteiger partial charge on any atom is 0.169 e. The van der Waals surface area contributed by atoms with Crippen LogP contribution in [0.3, 0.4) is 0 Å². The Morgan fingerprint density at radius 2 is 1.80 bits per heavy atom. The smallest absolute Gasteiger partial charge is 0.169 e. The molecular weight excluding hydrogens is 204 g/mol. The molecule has 0 aromatic heterocycles. The molecule has 2 rings (SSSR count). The van der Waals surface area contributed by atoms with Gasteiger partial charge in [-0.15, -0.1) is 0 Å². The van der Waals surface area contributed by atoms with Crippen LogP contribution in [0.5, 0.6) is 0 Å². The molecule has 2 fully saturated rings. The summed E-state index contributed by atoms with van der Waals surface area (Å²) in [4.78, 5) is 2.33. The molecule has 1 saturated heterocycles. The number of nitrogens with zero attached hydrogens (tertiary/aromatic N) is 1. The molecule has 2 nitrogen and oxygen atoms in total. The number of rotatable bonds is 1. The number of nitrogens with one attached hydrogen (secondary N) is 1. The van der Waals surface area contributed by atoms with Crippen LogP contribution in [0, 0.1) is 5.92 Å². The van der Waals surface area contributed by atoms with Crippen molar-refractivity contribution in [2.24, 2.45) is 5.92 Å². The average molecular weight is 226 g/mol. The van der Waals surface area contributed by atoms with E-state index in [0.29, 0.717) is 6.04 Å². The summed E-state index contributed by atoms with van der Waals surface area (Å²) in [6.45, 7) is 4.67. The molecule has 0 aromatic carbocycles. The van der Waals surface area contributed by atoms with Crippen LogP contribution in [0.15, 0.2) is 0 Å². The molecule has 3 heteroatoms. The Morgan fingerprint density at radius 1 is 1.13 bits per heavy atom. The number of hydrogen-bond donors (Lipinski definition) is 1. The molecule has 2 aliphatic rings. The van der Waals surface area contributed by atoms with Crippen molar-refractivity contribution >= 4 is 17.3 Å². The van der Waals surface area contributed by atoms with Crippen molar-refractivity contribution in [3.05, 3.63) is 0 Å². The van der Waals surface area contributed by atoms with Gasteiger partial charge in [0.1, 0.15) is 0 Å². The van der Waals surface area contributed by atoms with Crippen LogP contribution >= 0.6 is 12.2 Å². The highest BCUT2D eigenvalue weighted by Gasteiger charge is 2.24. The minimum absolute atomic E-state index is 0.631. The van der Waals surface area contributed by atoms with Gasteiger partial charge in [-0.05, 0) is 43.8 Å². The highest BCUT2D eigenvalue weighted by atomic mass is 32.1. The zero-order valence-electron chi connectivity index (χ0n) is 9.67. The van der Waals surface area contributed by atoms with E-state index in [9.17, 15) is 0 Å². The van der Waals surface area contributed by atoms with E-state index in [1.165, 1.54) is 38.5 Å². The summed E-state index contributed by atoms with van der Waals surface area (Å²) >= 11 is 5.46. The van der Waals surface area contributed by atoms with Gasteiger partial charge in [0.05, 0.1) is 0 Å². The third-order valence-electron chi connectivity index (χ3n) is 3.81. The molecule has 0 radical (unpaired) electrons. The van der Waals surface area contributed by atoms with Crippen molar-refractivity contribution in [2.45, 2.75) is 51.5 Å². The van der Waals surface area contributed by atoms with E-state index in [2.05, 4.69) is 17.1 Å². The standard InChI is InChI=1S/C12H22N2S/c1-10-6-2-3-7-11(10)13-12(15)14-8-4-5-9-14/h10-11H,2-9H2,1H3,(H,13,15)/t10-,11+/m0/s1. The molecule has 2 atom stereocenters. The highest BCUT2D eigenvalue weighted by Crippen LogP contribution is 2.24. The first-order chi connectivity index (χ1) is 7.27. The Hall–Kier alpha value is -0.310. The molecule has 15 heavy (non-hydrogen) atoms. The molecular formula is C12H22N2S. The molecule has 1 aliphatic heterocycles. The third-order valence-corrected chi connectivity index (χ3v) is 4.19. The second-order valence-corrected chi connectivity index (χ2v) is 5.40. The van der Waals surface area contributed by atoms with Crippen LogP contribution in [0.1, 0.15) is 45.4 Å². The van der Waals surface area contributed by atoms with E-state index < -0.39 is 0 Å². The van der Waals surface area contributed by atoms with Gasteiger partial charge in [0.25, 0.3) is 0 Å². The summed E-state index contributed by atoms with van der Waals surface area (Å²) < 4.78 is 0. The van der Waals surface area contributed by atoms with E-state index in [1.54, 1.807) is 0 Å². The maximum atomic E-state index is 5.46. The Balaban J connectivity index is 1.81. The topological polar surface area (TPSA) is 15.3 Å². The lowest BCUT2D eigenvalue weighted by Crippen LogP contribution is -2.46. The fraction of sp³-hybridized carbons (Fsp3) is 0.917. The Labute approximate surface area is 98.4 Å². The van der Waals surface area contributed by atoms with E-state index in [1.807, 2.05) is 0 Å². The van der Waals surface area contributed by atoms with Crippen LogP contribution in [-0.2, 0) is 0 Å². The summed E-state index contributed by atoms with van der Waals surface area (Å²) in [5.41, 5.74) is 0. The molecule has 1 N–H and O–H groups in total. The Bertz CT molecular complexity index is 224. The van der Waals surface area contributed by atoms with Gasteiger partial charge >= 0.3 is 0 Å². The average Bonchev–Trinajstić information content (AvgIpc) is 2.74. The van der Waals surface area contributed by atoms with Crippen LogP contribution in [0.25, 0.3) is 0 Å². The SMILES string of the molecule is C[C@H]1CCCC[C@H]1NC(=S)N1CCCC1. The summed E-state index contributed by atoms with van der Waals surface area (Å²) in [7, 11) is 0. The molecule has 0 amide bonds. The van der Waals surface area contributed by atoms with Crippen molar-refractivity contribution in [1.29, 1.82) is 0 Å². The minimum atomic E-state index is 0.631. The quantitative estimate of drug-likeness (QED) is 0.692. The second kappa shape index (κ2) is 5.15. The van der Waals surface area contributed by atoms with Gasteiger partial charge in [0, 0.05) is 19.1 Å². The first-order valence-electron chi connectivity index (χ1n) is 6.33. The zero-order chi connectivity index (χ0) is 10.7. The monoisotopic (exact) mass is 226 g/mol. The predicted molar refractivity (Wildman–Crippen MR) is 68.0 cm³/mol. The predicted octanol–water partition coefficient (Wildman–Crippen LogP) is 2.54. The molecule has 0 unspecified atom stereocenters. The largest absolute Gasteiger partial charge is 0.360 e. The van der Waals surface area contributed by atoms with Crippen molar-refractivity contribution in [3.63, 3.8) is 0 Å². The first kappa shape index (κ1) is 11.2. The van der Waals surface area contributed by atoms with Crippen molar-refractivity contribution in [3.8, 4) is 0 Å². The van der Waals surface area contributed by atoms with Crippen molar-refractivity contribution in [2.75, 3.05) is 13.1 Å². The molecule has 0 bridgehead atoms. The summed E-state index contributed by atoms with van der Waals surface area (Å²) in [6.07, 6.45) is 8.04. The van der Waals surface area contributed by atoms with Crippen molar-refractivity contribution in [1.82, 2.24) is 10.2 Å². The lowest BCUT2D eigenvalue weighted by atomic mass is 9.86. The van der Waals surface area contributed by atoms with Gasteiger partial charge in [-0.2, -0.15) is 0 Å². The van der Waals surface area contributed by atoms with Crippen LogP contribution in [0.4, 0.5) is 0 Å². The number of hydrogen-bond acceptors (Lipinski definition) is 1. The van der Waals surface area contributed by atoms with Gasteiger partial charge < -0.3 is 10.2 Å². The van der Waals surface area contributed by atoms with Gasteiger partial charge in [-0.3, -0.25) is 0 Å². The lowest BCUT2D eigenvalue weighted by Gasteiger charge is -2.32. The van der Waals surface area contributed by atoms with Gasteiger partial charge in [-0.25, -0.2) is 0 Å². The highest BCUT2D eigenvalue weighted by molar-refractivity contribution is 7.80. The first-order valence-corrected chi connectivity index (χ1v) is 6.73. The van der Waals surface area contributed by atoms with Gasteiger partial charge in [0.2, 0.25) is 0 Å².